The van der Waals surface area contributed by atoms with Gasteiger partial charge in [-0.2, -0.15) is 0 Å². The average Bonchev–Trinajstić information content (AvgIpc) is 2.86. The fraction of sp³-hybridized carbons (Fsp3) is 0.294. The van der Waals surface area contributed by atoms with E-state index in [0.29, 0.717) is 18.5 Å². The summed E-state index contributed by atoms with van der Waals surface area (Å²) in [7, 11) is -3.24. The molecule has 0 saturated heterocycles. The Labute approximate surface area is 125 Å². The Kier molecular flexibility index (Phi) is 3.99. The van der Waals surface area contributed by atoms with Crippen molar-refractivity contribution in [3.05, 3.63) is 53.6 Å². The lowest BCUT2D eigenvalue weighted by Crippen LogP contribution is -2.15. The van der Waals surface area contributed by atoms with E-state index < -0.39 is 7.60 Å². The maximum Gasteiger partial charge on any atom is 0.361 e. The minimum atomic E-state index is -3.24. The number of benzene rings is 2. The van der Waals surface area contributed by atoms with Gasteiger partial charge in [-0.25, -0.2) is 0 Å². The molecule has 0 aromatic heterocycles. The first-order valence-corrected chi connectivity index (χ1v) is 8.83. The van der Waals surface area contributed by atoms with Gasteiger partial charge in [0.05, 0.1) is 18.5 Å². The first-order valence-electron chi connectivity index (χ1n) is 7.29. The van der Waals surface area contributed by atoms with Crippen molar-refractivity contribution in [2.24, 2.45) is 0 Å². The summed E-state index contributed by atoms with van der Waals surface area (Å²) in [6.07, 6.45) is 0.784. The molecule has 0 saturated carbocycles. The van der Waals surface area contributed by atoms with Gasteiger partial charge in [0.1, 0.15) is 0 Å². The highest BCUT2D eigenvalue weighted by Gasteiger charge is 2.33. The average molecular weight is 302 g/mol. The molecule has 0 unspecified atom stereocenters. The Hall–Kier alpha value is -1.41. The molecule has 2 aromatic carbocycles. The van der Waals surface area contributed by atoms with Gasteiger partial charge in [0.25, 0.3) is 0 Å². The molecule has 110 valence electrons. The molecule has 0 radical (unpaired) electrons. The molecule has 1 aliphatic carbocycles. The lowest BCUT2D eigenvalue weighted by Gasteiger charge is -2.19. The molecular weight excluding hydrogens is 283 g/mol. The van der Waals surface area contributed by atoms with Crippen LogP contribution in [0.5, 0.6) is 0 Å². The van der Waals surface area contributed by atoms with E-state index in [9.17, 15) is 4.57 Å². The summed E-state index contributed by atoms with van der Waals surface area (Å²) in [4.78, 5) is 0. The van der Waals surface area contributed by atoms with Crippen molar-refractivity contribution < 1.29 is 13.6 Å². The van der Waals surface area contributed by atoms with Crippen molar-refractivity contribution in [2.75, 3.05) is 13.2 Å². The van der Waals surface area contributed by atoms with Crippen LogP contribution in [-0.4, -0.2) is 13.2 Å². The predicted molar refractivity (Wildman–Crippen MR) is 85.2 cm³/mol. The van der Waals surface area contributed by atoms with Crippen molar-refractivity contribution in [3.63, 3.8) is 0 Å². The van der Waals surface area contributed by atoms with Crippen molar-refractivity contribution in [3.8, 4) is 11.1 Å². The second-order valence-corrected chi connectivity index (χ2v) is 6.96. The highest BCUT2D eigenvalue weighted by molar-refractivity contribution is 7.62. The summed E-state index contributed by atoms with van der Waals surface area (Å²) in [5.74, 6) is 0. The molecule has 0 fully saturated rings. The summed E-state index contributed by atoms with van der Waals surface area (Å²) >= 11 is 0. The predicted octanol–water partition coefficient (Wildman–Crippen LogP) is 4.15. The number of fused-ring (bicyclic) bond motifs is 3. The lowest BCUT2D eigenvalue weighted by molar-refractivity contribution is 0.230. The van der Waals surface area contributed by atoms with Crippen LogP contribution in [0.25, 0.3) is 11.1 Å². The third-order valence-corrected chi connectivity index (χ3v) is 5.92. The maximum absolute atomic E-state index is 13.1. The quantitative estimate of drug-likeness (QED) is 0.664. The monoisotopic (exact) mass is 302 g/mol. The van der Waals surface area contributed by atoms with Gasteiger partial charge >= 0.3 is 7.60 Å². The Balaban J connectivity index is 2.13. The van der Waals surface area contributed by atoms with Crippen LogP contribution in [0.3, 0.4) is 0 Å². The first-order chi connectivity index (χ1) is 10.2. The second kappa shape index (κ2) is 5.76. The van der Waals surface area contributed by atoms with E-state index in [1.54, 1.807) is 0 Å². The van der Waals surface area contributed by atoms with E-state index in [4.69, 9.17) is 9.05 Å². The van der Waals surface area contributed by atoms with Gasteiger partial charge in [0.15, 0.2) is 0 Å². The standard InChI is InChI=1S/C17H19O3P/c1-3-19-21(18,20-4-2)17-11-7-10-15-14-9-6-5-8-13(14)12-16(15)17/h5-11H,3-4,12H2,1-2H3. The van der Waals surface area contributed by atoms with Gasteiger partial charge in [-0.1, -0.05) is 36.4 Å². The minimum Gasteiger partial charge on any atom is -0.305 e. The molecule has 3 nitrogen and oxygen atoms in total. The summed E-state index contributed by atoms with van der Waals surface area (Å²) < 4.78 is 24.1. The molecule has 0 amide bonds. The molecule has 0 atom stereocenters. The zero-order valence-electron chi connectivity index (χ0n) is 12.3. The highest BCUT2D eigenvalue weighted by Crippen LogP contribution is 2.50. The molecule has 1 aliphatic rings. The molecule has 0 N–H and O–H groups in total. The largest absolute Gasteiger partial charge is 0.361 e. The molecule has 2 aromatic rings. The Morgan fingerprint density at radius 3 is 2.33 bits per heavy atom. The smallest absolute Gasteiger partial charge is 0.305 e. The number of hydrogen-bond donors (Lipinski definition) is 0. The van der Waals surface area contributed by atoms with Crippen LogP contribution in [0.1, 0.15) is 25.0 Å². The van der Waals surface area contributed by atoms with Gasteiger partial charge in [-0.15, -0.1) is 0 Å². The molecule has 21 heavy (non-hydrogen) atoms. The van der Waals surface area contributed by atoms with Gasteiger partial charge < -0.3 is 9.05 Å². The van der Waals surface area contributed by atoms with Crippen LogP contribution in [0.2, 0.25) is 0 Å². The first kappa shape index (κ1) is 14.5. The van der Waals surface area contributed by atoms with E-state index in [1.165, 1.54) is 11.1 Å². The zero-order valence-corrected chi connectivity index (χ0v) is 13.2. The maximum atomic E-state index is 13.1. The molecule has 0 heterocycles. The van der Waals surface area contributed by atoms with Gasteiger partial charge in [0.2, 0.25) is 0 Å². The third kappa shape index (κ3) is 2.46. The van der Waals surface area contributed by atoms with E-state index >= 15 is 0 Å². The molecule has 0 bridgehead atoms. The van der Waals surface area contributed by atoms with Crippen LogP contribution in [0.15, 0.2) is 42.5 Å². The van der Waals surface area contributed by atoms with Crippen molar-refractivity contribution >= 4 is 12.9 Å². The number of hydrogen-bond acceptors (Lipinski definition) is 3. The molecule has 0 spiro atoms. The normalized spacial score (nSPS) is 13.0. The van der Waals surface area contributed by atoms with Gasteiger partial charge in [-0.3, -0.25) is 4.57 Å². The molecular formula is C17H19O3P. The fourth-order valence-corrected chi connectivity index (χ4v) is 4.74. The van der Waals surface area contributed by atoms with Crippen molar-refractivity contribution in [2.45, 2.75) is 20.3 Å². The Morgan fingerprint density at radius 2 is 1.62 bits per heavy atom. The molecule has 4 heteroatoms. The van der Waals surface area contributed by atoms with E-state index in [0.717, 1.165) is 17.5 Å². The van der Waals surface area contributed by atoms with Crippen molar-refractivity contribution in [1.29, 1.82) is 0 Å². The van der Waals surface area contributed by atoms with Crippen LogP contribution < -0.4 is 5.30 Å². The Morgan fingerprint density at radius 1 is 0.952 bits per heavy atom. The SMILES string of the molecule is CCOP(=O)(OCC)c1cccc2c1Cc1ccccc1-2. The van der Waals surface area contributed by atoms with E-state index in [1.807, 2.05) is 38.1 Å². The molecule has 0 aliphatic heterocycles. The van der Waals surface area contributed by atoms with Crippen molar-refractivity contribution in [1.82, 2.24) is 0 Å². The summed E-state index contributed by atoms with van der Waals surface area (Å²) in [5.41, 5.74) is 4.69. The number of rotatable bonds is 5. The molecule has 3 rings (SSSR count). The van der Waals surface area contributed by atoms with E-state index in [-0.39, 0.29) is 0 Å². The zero-order chi connectivity index (χ0) is 14.9. The fourth-order valence-electron chi connectivity index (χ4n) is 2.91. The lowest BCUT2D eigenvalue weighted by atomic mass is 10.1. The van der Waals surface area contributed by atoms with Crippen LogP contribution in [0.4, 0.5) is 0 Å². The third-order valence-electron chi connectivity index (χ3n) is 3.72. The van der Waals surface area contributed by atoms with E-state index in [2.05, 4.69) is 18.2 Å². The minimum absolute atomic E-state index is 0.369. The van der Waals surface area contributed by atoms with Crippen LogP contribution in [-0.2, 0) is 20.0 Å². The van der Waals surface area contributed by atoms with Gasteiger partial charge in [0, 0.05) is 0 Å². The summed E-state index contributed by atoms with van der Waals surface area (Å²) in [6, 6.07) is 14.2. The topological polar surface area (TPSA) is 35.5 Å². The summed E-state index contributed by atoms with van der Waals surface area (Å²) in [6.45, 7) is 4.41. The second-order valence-electron chi connectivity index (χ2n) is 4.97. The van der Waals surface area contributed by atoms with Gasteiger partial charge in [-0.05, 0) is 48.6 Å². The Bertz CT molecular complexity index is 699. The van der Waals surface area contributed by atoms with Crippen LogP contribution in [0, 0.1) is 0 Å². The summed E-state index contributed by atoms with van der Waals surface area (Å²) in [5, 5.41) is 0.708. The van der Waals surface area contributed by atoms with Crippen LogP contribution >= 0.6 is 7.60 Å². The highest BCUT2D eigenvalue weighted by atomic mass is 31.2.